The van der Waals surface area contributed by atoms with Gasteiger partial charge in [-0.2, -0.15) is 0 Å². The fourth-order valence-corrected chi connectivity index (χ4v) is 4.05. The van der Waals surface area contributed by atoms with Gasteiger partial charge in [-0.15, -0.1) is 0 Å². The fraction of sp³-hybridized carbons (Fsp3) is 0.0417. The van der Waals surface area contributed by atoms with E-state index >= 15 is 0 Å². The third-order valence-electron chi connectivity index (χ3n) is 5.07. The number of carbonyl (C=O) groups excluding carboxylic acids is 2. The molecular formula is C24H15BrN2O3. The molecular weight excluding hydrogens is 444 g/mol. The van der Waals surface area contributed by atoms with E-state index in [9.17, 15) is 9.59 Å². The summed E-state index contributed by atoms with van der Waals surface area (Å²) in [6.45, 7) is 1.50. The van der Waals surface area contributed by atoms with Gasteiger partial charge in [-0.25, -0.2) is 9.79 Å². The number of carbonyl (C=O) groups is 2. The maximum absolute atomic E-state index is 12.6. The Hall–Kier alpha value is -3.51. The molecule has 30 heavy (non-hydrogen) atoms. The minimum Gasteiger partial charge on any atom is -0.402 e. The lowest BCUT2D eigenvalue weighted by molar-refractivity contribution is -0.129. The molecule has 0 unspecified atom stereocenters. The number of cyclic esters (lactones) is 1. The summed E-state index contributed by atoms with van der Waals surface area (Å²) in [4.78, 5) is 29.1. The number of aliphatic imine (C=N–C) groups is 1. The maximum Gasteiger partial charge on any atom is 0.363 e. The van der Waals surface area contributed by atoms with Crippen LogP contribution in [0.4, 0.5) is 0 Å². The summed E-state index contributed by atoms with van der Waals surface area (Å²) in [6.07, 6.45) is 3.37. The Kier molecular flexibility index (Phi) is 4.37. The SMILES string of the molecule is CC(=O)n1cc(/C=C2\N=C(c3cccc4ccccc34)OC2=O)c2cc(Br)ccc21. The highest BCUT2D eigenvalue weighted by molar-refractivity contribution is 9.10. The molecule has 0 amide bonds. The zero-order valence-corrected chi connectivity index (χ0v) is 17.5. The number of hydrogen-bond donors (Lipinski definition) is 0. The van der Waals surface area contributed by atoms with Crippen LogP contribution in [0.2, 0.25) is 0 Å². The lowest BCUT2D eigenvalue weighted by atomic mass is 10.0. The summed E-state index contributed by atoms with van der Waals surface area (Å²) in [6, 6.07) is 19.3. The molecule has 0 atom stereocenters. The molecule has 4 aromatic rings. The van der Waals surface area contributed by atoms with E-state index in [2.05, 4.69) is 20.9 Å². The predicted octanol–water partition coefficient (Wildman–Crippen LogP) is 5.56. The van der Waals surface area contributed by atoms with Gasteiger partial charge in [0.25, 0.3) is 0 Å². The van der Waals surface area contributed by atoms with Crippen LogP contribution in [0.1, 0.15) is 22.8 Å². The first kappa shape index (κ1) is 18.5. The van der Waals surface area contributed by atoms with E-state index in [0.29, 0.717) is 0 Å². The lowest BCUT2D eigenvalue weighted by Crippen LogP contribution is -2.05. The number of esters is 1. The van der Waals surface area contributed by atoms with Crippen molar-refractivity contribution in [1.29, 1.82) is 0 Å². The molecule has 0 bridgehead atoms. The Morgan fingerprint density at radius 2 is 1.87 bits per heavy atom. The molecule has 1 aliphatic rings. The van der Waals surface area contributed by atoms with Crippen LogP contribution in [-0.4, -0.2) is 22.3 Å². The molecule has 0 saturated carbocycles. The van der Waals surface area contributed by atoms with Crippen molar-refractivity contribution >= 4 is 61.5 Å². The largest absolute Gasteiger partial charge is 0.402 e. The van der Waals surface area contributed by atoms with E-state index in [1.54, 1.807) is 16.8 Å². The molecule has 2 heterocycles. The second-order valence-corrected chi connectivity index (χ2v) is 7.91. The second-order valence-electron chi connectivity index (χ2n) is 7.00. The van der Waals surface area contributed by atoms with Gasteiger partial charge in [-0.3, -0.25) is 9.36 Å². The van der Waals surface area contributed by atoms with E-state index in [0.717, 1.165) is 37.3 Å². The quantitative estimate of drug-likeness (QED) is 0.291. The molecule has 1 aromatic heterocycles. The van der Waals surface area contributed by atoms with Crippen molar-refractivity contribution < 1.29 is 14.3 Å². The van der Waals surface area contributed by atoms with Crippen LogP contribution in [0.25, 0.3) is 27.8 Å². The Morgan fingerprint density at radius 3 is 2.70 bits per heavy atom. The van der Waals surface area contributed by atoms with Crippen LogP contribution in [-0.2, 0) is 9.53 Å². The molecule has 0 radical (unpaired) electrons. The first-order valence-corrected chi connectivity index (χ1v) is 10.1. The minimum atomic E-state index is -0.517. The van der Waals surface area contributed by atoms with Crippen LogP contribution in [0.5, 0.6) is 0 Å². The first-order valence-electron chi connectivity index (χ1n) is 9.33. The Labute approximate surface area is 180 Å². The molecule has 0 aliphatic carbocycles. The van der Waals surface area contributed by atoms with Crippen LogP contribution in [0.15, 0.2) is 82.0 Å². The predicted molar refractivity (Wildman–Crippen MR) is 120 cm³/mol. The van der Waals surface area contributed by atoms with E-state index in [1.807, 2.05) is 60.7 Å². The standard InChI is InChI=1S/C24H15BrN2O3/c1-14(28)27-13-16(20-12-17(25)9-10-22(20)27)11-21-24(29)30-23(26-21)19-8-4-6-15-5-2-3-7-18(15)19/h2-13H,1H3/b21-11-. The summed E-state index contributed by atoms with van der Waals surface area (Å²) in [5, 5.41) is 2.85. The highest BCUT2D eigenvalue weighted by Gasteiger charge is 2.26. The van der Waals surface area contributed by atoms with Gasteiger partial charge in [0.2, 0.25) is 11.8 Å². The summed E-state index contributed by atoms with van der Waals surface area (Å²) >= 11 is 3.47. The zero-order chi connectivity index (χ0) is 20.8. The number of nitrogens with zero attached hydrogens (tertiary/aromatic N) is 2. The van der Waals surface area contributed by atoms with Gasteiger partial charge in [0.15, 0.2) is 5.70 Å². The van der Waals surface area contributed by atoms with Crippen LogP contribution < -0.4 is 0 Å². The number of hydrogen-bond acceptors (Lipinski definition) is 4. The number of rotatable bonds is 2. The number of halogens is 1. The number of benzene rings is 3. The van der Waals surface area contributed by atoms with Crippen molar-refractivity contribution in [3.05, 3.63) is 88.2 Å². The van der Waals surface area contributed by atoms with Crippen molar-refractivity contribution in [1.82, 2.24) is 4.57 Å². The van der Waals surface area contributed by atoms with Gasteiger partial charge in [0.05, 0.1) is 5.52 Å². The van der Waals surface area contributed by atoms with Crippen molar-refractivity contribution in [3.63, 3.8) is 0 Å². The third-order valence-corrected chi connectivity index (χ3v) is 5.56. The van der Waals surface area contributed by atoms with Gasteiger partial charge >= 0.3 is 5.97 Å². The van der Waals surface area contributed by atoms with Gasteiger partial charge in [0.1, 0.15) is 0 Å². The smallest absolute Gasteiger partial charge is 0.363 e. The molecule has 5 rings (SSSR count). The van der Waals surface area contributed by atoms with E-state index in [4.69, 9.17) is 4.74 Å². The average Bonchev–Trinajstić information content (AvgIpc) is 3.28. The number of ether oxygens (including phenoxy) is 1. The minimum absolute atomic E-state index is 0.110. The average molecular weight is 459 g/mol. The second kappa shape index (κ2) is 7.07. The fourth-order valence-electron chi connectivity index (χ4n) is 3.69. The van der Waals surface area contributed by atoms with Gasteiger partial charge in [0, 0.05) is 34.1 Å². The van der Waals surface area contributed by atoms with Crippen molar-refractivity contribution in [2.24, 2.45) is 4.99 Å². The molecule has 3 aromatic carbocycles. The molecule has 6 heteroatoms. The molecule has 146 valence electrons. The lowest BCUT2D eigenvalue weighted by Gasteiger charge is -2.04. The molecule has 5 nitrogen and oxygen atoms in total. The Balaban J connectivity index is 1.65. The summed E-state index contributed by atoms with van der Waals surface area (Å²) in [7, 11) is 0. The zero-order valence-electron chi connectivity index (χ0n) is 15.9. The first-order chi connectivity index (χ1) is 14.5. The van der Waals surface area contributed by atoms with Crippen molar-refractivity contribution in [2.45, 2.75) is 6.92 Å². The topological polar surface area (TPSA) is 60.7 Å². The Morgan fingerprint density at radius 1 is 1.07 bits per heavy atom. The van der Waals surface area contributed by atoms with E-state index in [-0.39, 0.29) is 17.5 Å². The summed E-state index contributed by atoms with van der Waals surface area (Å²) in [5.74, 6) is -0.350. The van der Waals surface area contributed by atoms with Gasteiger partial charge in [-0.05, 0) is 41.1 Å². The summed E-state index contributed by atoms with van der Waals surface area (Å²) < 4.78 is 7.93. The van der Waals surface area contributed by atoms with E-state index in [1.165, 1.54) is 6.92 Å². The molecule has 0 spiro atoms. The molecule has 0 saturated heterocycles. The number of aromatic nitrogens is 1. The molecule has 1 aliphatic heterocycles. The van der Waals surface area contributed by atoms with Crippen LogP contribution in [0.3, 0.4) is 0 Å². The normalized spacial score (nSPS) is 15.1. The maximum atomic E-state index is 12.6. The third kappa shape index (κ3) is 3.06. The van der Waals surface area contributed by atoms with Crippen molar-refractivity contribution in [3.8, 4) is 0 Å². The van der Waals surface area contributed by atoms with Gasteiger partial charge < -0.3 is 4.74 Å². The monoisotopic (exact) mass is 458 g/mol. The van der Waals surface area contributed by atoms with E-state index < -0.39 is 5.97 Å². The molecule has 0 fully saturated rings. The Bertz CT molecular complexity index is 1420. The highest BCUT2D eigenvalue weighted by atomic mass is 79.9. The van der Waals surface area contributed by atoms with Crippen LogP contribution in [0, 0.1) is 0 Å². The highest BCUT2D eigenvalue weighted by Crippen LogP contribution is 2.29. The van der Waals surface area contributed by atoms with Crippen LogP contribution >= 0.6 is 15.9 Å². The summed E-state index contributed by atoms with van der Waals surface area (Å²) in [5.41, 5.74) is 2.44. The van der Waals surface area contributed by atoms with Gasteiger partial charge in [-0.1, -0.05) is 52.3 Å². The molecule has 0 N–H and O–H groups in total. The number of fused-ring (bicyclic) bond motifs is 2. The van der Waals surface area contributed by atoms with Crippen molar-refractivity contribution in [2.75, 3.05) is 0 Å².